The van der Waals surface area contributed by atoms with Gasteiger partial charge in [-0.3, -0.25) is 0 Å². The molecule has 5 heteroatoms. The number of pyridine rings is 1. The van der Waals surface area contributed by atoms with Crippen LogP contribution in [0.3, 0.4) is 0 Å². The van der Waals surface area contributed by atoms with Crippen LogP contribution in [0.5, 0.6) is 0 Å². The minimum atomic E-state index is 0.654. The van der Waals surface area contributed by atoms with Crippen molar-refractivity contribution < 1.29 is 0 Å². The highest BCUT2D eigenvalue weighted by molar-refractivity contribution is 6.34. The molecule has 3 rings (SSSR count). The molecule has 3 nitrogen and oxygen atoms in total. The van der Waals surface area contributed by atoms with Gasteiger partial charge < -0.3 is 10.2 Å². The highest BCUT2D eigenvalue weighted by Crippen LogP contribution is 2.21. The van der Waals surface area contributed by atoms with Crippen molar-refractivity contribution in [2.75, 3.05) is 23.3 Å². The summed E-state index contributed by atoms with van der Waals surface area (Å²) in [7, 11) is 0. The minimum Gasteiger partial charge on any atom is -0.380 e. The zero-order chi connectivity index (χ0) is 14.7. The summed E-state index contributed by atoms with van der Waals surface area (Å²) in [5.41, 5.74) is 2.05. The maximum atomic E-state index is 6.00. The molecule has 1 aliphatic rings. The fourth-order valence-electron chi connectivity index (χ4n) is 2.54. The molecule has 1 aliphatic heterocycles. The molecule has 110 valence electrons. The monoisotopic (exact) mass is 321 g/mol. The van der Waals surface area contributed by atoms with E-state index in [1.807, 2.05) is 18.3 Å². The summed E-state index contributed by atoms with van der Waals surface area (Å²) in [6.07, 6.45) is 4.40. The first-order valence-electron chi connectivity index (χ1n) is 7.10. The van der Waals surface area contributed by atoms with Crippen LogP contribution in [0.25, 0.3) is 0 Å². The number of nitrogens with zero attached hydrogens (tertiary/aromatic N) is 2. The Labute approximate surface area is 134 Å². The first kappa shape index (κ1) is 14.5. The predicted molar refractivity (Wildman–Crippen MR) is 89.5 cm³/mol. The van der Waals surface area contributed by atoms with Gasteiger partial charge in [0.25, 0.3) is 0 Å². The van der Waals surface area contributed by atoms with E-state index in [0.717, 1.165) is 30.2 Å². The van der Waals surface area contributed by atoms with Crippen molar-refractivity contribution >= 4 is 34.7 Å². The summed E-state index contributed by atoms with van der Waals surface area (Å²) in [5.74, 6) is 1.06. The zero-order valence-corrected chi connectivity index (χ0v) is 13.2. The van der Waals surface area contributed by atoms with Crippen LogP contribution in [-0.4, -0.2) is 18.1 Å². The largest absolute Gasteiger partial charge is 0.380 e. The average Bonchev–Trinajstić information content (AvgIpc) is 2.99. The van der Waals surface area contributed by atoms with Crippen LogP contribution in [0.1, 0.15) is 18.4 Å². The lowest BCUT2D eigenvalue weighted by Gasteiger charge is -2.16. The van der Waals surface area contributed by atoms with Crippen LogP contribution in [0.15, 0.2) is 36.5 Å². The summed E-state index contributed by atoms with van der Waals surface area (Å²) in [5, 5.41) is 4.64. The Kier molecular flexibility index (Phi) is 4.51. The van der Waals surface area contributed by atoms with Gasteiger partial charge in [-0.2, -0.15) is 0 Å². The number of anilines is 2. The molecule has 1 N–H and O–H groups in total. The Morgan fingerprint density at radius 2 is 1.76 bits per heavy atom. The lowest BCUT2D eigenvalue weighted by molar-refractivity contribution is 0.937. The van der Waals surface area contributed by atoms with Crippen molar-refractivity contribution in [3.05, 3.63) is 52.1 Å². The molecule has 1 aromatic heterocycles. The van der Waals surface area contributed by atoms with E-state index in [-0.39, 0.29) is 0 Å². The molecule has 0 unspecified atom stereocenters. The van der Waals surface area contributed by atoms with Gasteiger partial charge in [-0.1, -0.05) is 23.2 Å². The number of hydrogen-bond donors (Lipinski definition) is 1. The molecule has 1 fully saturated rings. The number of aromatic nitrogens is 1. The van der Waals surface area contributed by atoms with Gasteiger partial charge in [0.1, 0.15) is 5.82 Å². The molecule has 0 bridgehead atoms. The van der Waals surface area contributed by atoms with E-state index >= 15 is 0 Å². The second-order valence-electron chi connectivity index (χ2n) is 5.23. The number of benzene rings is 1. The molecule has 1 aromatic carbocycles. The lowest BCUT2D eigenvalue weighted by atomic mass is 10.2. The fraction of sp³-hybridized carbons (Fsp3) is 0.312. The van der Waals surface area contributed by atoms with E-state index in [0.29, 0.717) is 16.6 Å². The fourth-order valence-corrected chi connectivity index (χ4v) is 3.11. The van der Waals surface area contributed by atoms with E-state index in [9.17, 15) is 0 Å². The third kappa shape index (κ3) is 3.80. The second kappa shape index (κ2) is 6.54. The first-order valence-corrected chi connectivity index (χ1v) is 7.86. The van der Waals surface area contributed by atoms with Gasteiger partial charge >= 0.3 is 0 Å². The number of rotatable bonds is 4. The number of hydrogen-bond acceptors (Lipinski definition) is 3. The van der Waals surface area contributed by atoms with Gasteiger partial charge in [0.2, 0.25) is 0 Å². The quantitative estimate of drug-likeness (QED) is 0.891. The maximum absolute atomic E-state index is 6.00. The van der Waals surface area contributed by atoms with E-state index in [1.165, 1.54) is 12.8 Å². The average molecular weight is 322 g/mol. The topological polar surface area (TPSA) is 28.2 Å². The molecule has 0 amide bonds. The molecular weight excluding hydrogens is 305 g/mol. The molecule has 0 spiro atoms. The van der Waals surface area contributed by atoms with Crippen molar-refractivity contribution in [2.45, 2.75) is 19.4 Å². The van der Waals surface area contributed by atoms with Crippen molar-refractivity contribution in [2.24, 2.45) is 0 Å². The second-order valence-corrected chi connectivity index (χ2v) is 6.10. The Balaban J connectivity index is 1.62. The Morgan fingerprint density at radius 3 is 2.38 bits per heavy atom. The number of nitrogens with one attached hydrogen (secondary N) is 1. The molecule has 21 heavy (non-hydrogen) atoms. The van der Waals surface area contributed by atoms with E-state index in [4.69, 9.17) is 23.2 Å². The van der Waals surface area contributed by atoms with Gasteiger partial charge in [0.15, 0.2) is 0 Å². The normalized spacial score (nSPS) is 14.5. The van der Waals surface area contributed by atoms with Gasteiger partial charge in [-0.15, -0.1) is 0 Å². The summed E-state index contributed by atoms with van der Waals surface area (Å²) in [4.78, 5) is 6.84. The Bertz CT molecular complexity index is 587. The van der Waals surface area contributed by atoms with Gasteiger partial charge in [-0.25, -0.2) is 4.98 Å². The lowest BCUT2D eigenvalue weighted by Crippen LogP contribution is -2.18. The molecule has 2 aromatic rings. The molecular formula is C16H17Cl2N3. The summed E-state index contributed by atoms with van der Waals surface area (Å²) < 4.78 is 0. The predicted octanol–water partition coefficient (Wildman–Crippen LogP) is 4.60. The third-order valence-electron chi connectivity index (χ3n) is 3.60. The third-order valence-corrected chi connectivity index (χ3v) is 4.03. The smallest absolute Gasteiger partial charge is 0.128 e. The Hall–Kier alpha value is -1.45. The van der Waals surface area contributed by atoms with Crippen molar-refractivity contribution in [3.8, 4) is 0 Å². The Morgan fingerprint density at radius 1 is 1.05 bits per heavy atom. The van der Waals surface area contributed by atoms with Crippen LogP contribution in [0.2, 0.25) is 10.0 Å². The van der Waals surface area contributed by atoms with Gasteiger partial charge in [0.05, 0.1) is 11.9 Å². The summed E-state index contributed by atoms with van der Waals surface area (Å²) in [6, 6.07) is 9.68. The van der Waals surface area contributed by atoms with Crippen LogP contribution in [-0.2, 0) is 6.54 Å². The van der Waals surface area contributed by atoms with Gasteiger partial charge in [-0.05, 0) is 48.7 Å². The molecule has 2 heterocycles. The van der Waals surface area contributed by atoms with Crippen molar-refractivity contribution in [1.29, 1.82) is 0 Å². The van der Waals surface area contributed by atoms with E-state index in [1.54, 1.807) is 6.07 Å². The maximum Gasteiger partial charge on any atom is 0.128 e. The SMILES string of the molecule is Clc1cc(Cl)cc(CNc2ccc(N3CCCC3)nc2)c1. The van der Waals surface area contributed by atoms with Crippen molar-refractivity contribution in [3.63, 3.8) is 0 Å². The molecule has 0 aliphatic carbocycles. The summed E-state index contributed by atoms with van der Waals surface area (Å²) >= 11 is 12.0. The van der Waals surface area contributed by atoms with Crippen LogP contribution >= 0.6 is 23.2 Å². The van der Waals surface area contributed by atoms with Crippen molar-refractivity contribution in [1.82, 2.24) is 4.98 Å². The minimum absolute atomic E-state index is 0.654. The van der Waals surface area contributed by atoms with E-state index < -0.39 is 0 Å². The zero-order valence-electron chi connectivity index (χ0n) is 11.6. The highest BCUT2D eigenvalue weighted by Gasteiger charge is 2.12. The standard InChI is InChI=1S/C16H17Cl2N3/c17-13-7-12(8-14(18)9-13)10-19-15-3-4-16(20-11-15)21-5-1-2-6-21/h3-4,7-9,11,19H,1-2,5-6,10H2. The highest BCUT2D eigenvalue weighted by atomic mass is 35.5. The van der Waals surface area contributed by atoms with Crippen LogP contribution in [0, 0.1) is 0 Å². The molecule has 0 saturated carbocycles. The van der Waals surface area contributed by atoms with Crippen LogP contribution in [0.4, 0.5) is 11.5 Å². The summed E-state index contributed by atoms with van der Waals surface area (Å²) in [6.45, 7) is 2.90. The van der Waals surface area contributed by atoms with E-state index in [2.05, 4.69) is 27.3 Å². The number of halogens is 2. The molecule has 0 atom stereocenters. The van der Waals surface area contributed by atoms with Crippen LogP contribution < -0.4 is 10.2 Å². The van der Waals surface area contributed by atoms with Gasteiger partial charge in [0, 0.05) is 29.7 Å². The molecule has 0 radical (unpaired) electrons. The first-order chi connectivity index (χ1) is 10.2. The molecule has 1 saturated heterocycles.